The topological polar surface area (TPSA) is 130 Å². The molecule has 0 heterocycles. The highest BCUT2D eigenvalue weighted by Crippen LogP contribution is 2.24. The molecule has 7 nitrogen and oxygen atoms in total. The summed E-state index contributed by atoms with van der Waals surface area (Å²) in [6.45, 7) is 0. The van der Waals surface area contributed by atoms with Gasteiger partial charge in [-0.2, -0.15) is 0 Å². The van der Waals surface area contributed by atoms with E-state index in [0.29, 0.717) is 4.47 Å². The molecule has 108 valence electrons. The van der Waals surface area contributed by atoms with E-state index in [2.05, 4.69) is 21.2 Å². The number of carboxylic acid groups (broad SMARTS) is 2. The number of amides is 1. The quantitative estimate of drug-likeness (QED) is 0.614. The van der Waals surface area contributed by atoms with E-state index in [1.807, 2.05) is 0 Å². The summed E-state index contributed by atoms with van der Waals surface area (Å²) in [5.41, 5.74) is 5.84. The third kappa shape index (κ3) is 4.63. The summed E-state index contributed by atoms with van der Waals surface area (Å²) >= 11 is 3.18. The molecule has 0 aliphatic heterocycles. The number of carbonyl (C=O) groups is 3. The van der Waals surface area contributed by atoms with Gasteiger partial charge in [0.15, 0.2) is 0 Å². The normalized spacial score (nSPS) is 11.7. The van der Waals surface area contributed by atoms with Crippen LogP contribution < -0.4 is 11.1 Å². The van der Waals surface area contributed by atoms with Gasteiger partial charge in [0, 0.05) is 10.9 Å². The van der Waals surface area contributed by atoms with E-state index in [4.69, 9.17) is 15.9 Å². The number of hydrogen-bond acceptors (Lipinski definition) is 4. The fourth-order valence-corrected chi connectivity index (χ4v) is 1.74. The highest BCUT2D eigenvalue weighted by Gasteiger charge is 2.17. The van der Waals surface area contributed by atoms with E-state index in [1.54, 1.807) is 0 Å². The minimum atomic E-state index is -1.12. The molecular weight excluding hydrogens is 332 g/mol. The predicted molar refractivity (Wildman–Crippen MR) is 74.6 cm³/mol. The average molecular weight is 345 g/mol. The van der Waals surface area contributed by atoms with Crippen LogP contribution in [0.4, 0.5) is 5.69 Å². The maximum atomic E-state index is 11.8. The number of carbonyl (C=O) groups excluding carboxylic acids is 1. The van der Waals surface area contributed by atoms with Crippen LogP contribution in [0.2, 0.25) is 0 Å². The molecular formula is C12H13BrN2O5. The van der Waals surface area contributed by atoms with Crippen molar-refractivity contribution in [2.75, 3.05) is 5.32 Å². The number of halogens is 1. The fourth-order valence-electron chi connectivity index (χ4n) is 1.39. The van der Waals surface area contributed by atoms with Crippen molar-refractivity contribution in [2.45, 2.75) is 18.9 Å². The molecule has 0 aromatic heterocycles. The Hall–Kier alpha value is -1.93. The Morgan fingerprint density at radius 2 is 1.95 bits per heavy atom. The number of nitrogens with two attached hydrogens (primary N) is 1. The van der Waals surface area contributed by atoms with Crippen molar-refractivity contribution >= 4 is 39.5 Å². The first-order valence-corrected chi connectivity index (χ1v) is 6.41. The molecule has 0 spiro atoms. The summed E-state index contributed by atoms with van der Waals surface area (Å²) < 4.78 is 0.501. The van der Waals surface area contributed by atoms with Gasteiger partial charge in [-0.05, 0) is 40.5 Å². The van der Waals surface area contributed by atoms with Crippen molar-refractivity contribution in [3.63, 3.8) is 0 Å². The molecule has 5 N–H and O–H groups in total. The van der Waals surface area contributed by atoms with Gasteiger partial charge in [0.05, 0.1) is 17.3 Å². The van der Waals surface area contributed by atoms with Gasteiger partial charge in [-0.1, -0.05) is 0 Å². The number of aromatic carboxylic acids is 1. The maximum absolute atomic E-state index is 11.8. The van der Waals surface area contributed by atoms with Crippen molar-refractivity contribution < 1.29 is 24.6 Å². The lowest BCUT2D eigenvalue weighted by molar-refractivity contribution is -0.137. The van der Waals surface area contributed by atoms with E-state index in [0.717, 1.165) is 0 Å². The van der Waals surface area contributed by atoms with Gasteiger partial charge in [0.2, 0.25) is 5.91 Å². The number of nitrogens with one attached hydrogen (secondary N) is 1. The first kappa shape index (κ1) is 16.1. The second kappa shape index (κ2) is 7.01. The Morgan fingerprint density at radius 3 is 2.50 bits per heavy atom. The van der Waals surface area contributed by atoms with Crippen LogP contribution in [-0.4, -0.2) is 34.1 Å². The Kier molecular flexibility index (Phi) is 5.66. The van der Waals surface area contributed by atoms with Gasteiger partial charge in [0.25, 0.3) is 0 Å². The van der Waals surface area contributed by atoms with E-state index in [-0.39, 0.29) is 24.1 Å². The zero-order valence-electron chi connectivity index (χ0n) is 10.3. The molecule has 1 aromatic rings. The molecule has 8 heteroatoms. The third-order valence-corrected chi connectivity index (χ3v) is 3.17. The number of aliphatic carboxylic acids is 1. The summed E-state index contributed by atoms with van der Waals surface area (Å²) in [6.07, 6.45) is -0.220. The van der Waals surface area contributed by atoms with E-state index >= 15 is 0 Å². The Balaban J connectivity index is 2.77. The lowest BCUT2D eigenvalue weighted by atomic mass is 10.1. The smallest absolute Gasteiger partial charge is 0.335 e. The van der Waals surface area contributed by atoms with E-state index in [1.165, 1.54) is 18.2 Å². The number of benzene rings is 1. The number of anilines is 1. The molecule has 1 atom stereocenters. The molecule has 1 unspecified atom stereocenters. The fraction of sp³-hybridized carbons (Fsp3) is 0.250. The van der Waals surface area contributed by atoms with Crippen molar-refractivity contribution in [3.8, 4) is 0 Å². The van der Waals surface area contributed by atoms with Crippen LogP contribution in [0.15, 0.2) is 22.7 Å². The Bertz CT molecular complexity index is 547. The molecule has 0 aliphatic rings. The highest BCUT2D eigenvalue weighted by molar-refractivity contribution is 9.10. The Morgan fingerprint density at radius 1 is 1.30 bits per heavy atom. The minimum absolute atomic E-state index is 0.00257. The number of rotatable bonds is 6. The second-order valence-electron chi connectivity index (χ2n) is 4.03. The van der Waals surface area contributed by atoms with Crippen LogP contribution in [0.25, 0.3) is 0 Å². The average Bonchev–Trinajstić information content (AvgIpc) is 2.37. The highest BCUT2D eigenvalue weighted by atomic mass is 79.9. The van der Waals surface area contributed by atoms with Crippen LogP contribution in [0.5, 0.6) is 0 Å². The van der Waals surface area contributed by atoms with Gasteiger partial charge in [-0.25, -0.2) is 4.79 Å². The molecule has 0 bridgehead atoms. The zero-order chi connectivity index (χ0) is 15.3. The van der Waals surface area contributed by atoms with Gasteiger partial charge in [-0.15, -0.1) is 0 Å². The van der Waals surface area contributed by atoms with Crippen LogP contribution in [0.3, 0.4) is 0 Å². The van der Waals surface area contributed by atoms with Crippen LogP contribution >= 0.6 is 15.9 Å². The van der Waals surface area contributed by atoms with Gasteiger partial charge in [0.1, 0.15) is 0 Å². The molecule has 0 saturated carbocycles. The van der Waals surface area contributed by atoms with E-state index < -0.39 is 23.9 Å². The molecule has 0 aliphatic carbocycles. The number of carboxylic acids is 2. The van der Waals surface area contributed by atoms with Crippen molar-refractivity contribution in [2.24, 2.45) is 5.73 Å². The summed E-state index contributed by atoms with van der Waals surface area (Å²) in [4.78, 5) is 33.0. The molecule has 0 radical (unpaired) electrons. The van der Waals surface area contributed by atoms with Crippen LogP contribution in [0.1, 0.15) is 23.2 Å². The summed E-state index contributed by atoms with van der Waals surface area (Å²) in [6, 6.07) is 3.18. The third-order valence-electron chi connectivity index (χ3n) is 2.48. The summed E-state index contributed by atoms with van der Waals surface area (Å²) in [5, 5.41) is 19.8. The summed E-state index contributed by atoms with van der Waals surface area (Å²) in [5.74, 6) is -2.74. The van der Waals surface area contributed by atoms with Crippen LogP contribution in [-0.2, 0) is 9.59 Å². The standard InChI is InChI=1S/C12H13BrN2O5/c13-7-2-1-6(12(19)20)5-9(7)15-11(18)8(14)3-4-10(16)17/h1-2,5,8H,3-4,14H2,(H,15,18)(H,16,17)(H,19,20). The SMILES string of the molecule is NC(CCC(=O)O)C(=O)Nc1cc(C(=O)O)ccc1Br. The molecule has 1 aromatic carbocycles. The van der Waals surface area contributed by atoms with Crippen molar-refractivity contribution in [3.05, 3.63) is 28.2 Å². The first-order valence-electron chi connectivity index (χ1n) is 5.62. The van der Waals surface area contributed by atoms with Crippen molar-refractivity contribution in [1.29, 1.82) is 0 Å². The van der Waals surface area contributed by atoms with E-state index in [9.17, 15) is 14.4 Å². The lowest BCUT2D eigenvalue weighted by Crippen LogP contribution is -2.36. The van der Waals surface area contributed by atoms with Gasteiger partial charge < -0.3 is 21.3 Å². The lowest BCUT2D eigenvalue weighted by Gasteiger charge is -2.12. The van der Waals surface area contributed by atoms with Crippen LogP contribution in [0, 0.1) is 0 Å². The van der Waals surface area contributed by atoms with Gasteiger partial charge in [-0.3, -0.25) is 9.59 Å². The predicted octanol–water partition coefficient (Wildman–Crippen LogP) is 1.28. The molecule has 0 fully saturated rings. The molecule has 0 saturated heterocycles. The summed E-state index contributed by atoms with van der Waals surface area (Å²) in [7, 11) is 0. The van der Waals surface area contributed by atoms with Crippen molar-refractivity contribution in [1.82, 2.24) is 0 Å². The molecule has 20 heavy (non-hydrogen) atoms. The monoisotopic (exact) mass is 344 g/mol. The largest absolute Gasteiger partial charge is 0.481 e. The maximum Gasteiger partial charge on any atom is 0.335 e. The van der Waals surface area contributed by atoms with Gasteiger partial charge >= 0.3 is 11.9 Å². The Labute approximate surface area is 122 Å². The zero-order valence-corrected chi connectivity index (χ0v) is 11.9. The minimum Gasteiger partial charge on any atom is -0.481 e. The molecule has 1 amide bonds. The second-order valence-corrected chi connectivity index (χ2v) is 4.88. The first-order chi connectivity index (χ1) is 9.31. The molecule has 1 rings (SSSR count). The number of hydrogen-bond donors (Lipinski definition) is 4.